The van der Waals surface area contributed by atoms with Gasteiger partial charge in [-0.1, -0.05) is 17.7 Å². The second-order valence-electron chi connectivity index (χ2n) is 7.15. The van der Waals surface area contributed by atoms with E-state index in [1.54, 1.807) is 12.1 Å². The van der Waals surface area contributed by atoms with Crippen LogP contribution in [-0.4, -0.2) is 23.9 Å². The van der Waals surface area contributed by atoms with Gasteiger partial charge in [0.05, 0.1) is 5.56 Å². The monoisotopic (exact) mass is 400 g/mol. The number of rotatable bonds is 6. The van der Waals surface area contributed by atoms with Crippen molar-refractivity contribution in [1.82, 2.24) is 0 Å². The molecule has 2 N–H and O–H groups in total. The van der Waals surface area contributed by atoms with E-state index in [2.05, 4.69) is 10.6 Å². The number of anilines is 2. The first-order chi connectivity index (χ1) is 13.3. The summed E-state index contributed by atoms with van der Waals surface area (Å²) >= 11 is 1.35. The molecule has 6 nitrogen and oxygen atoms in total. The maximum absolute atomic E-state index is 12.7. The van der Waals surface area contributed by atoms with Crippen LogP contribution >= 0.6 is 11.3 Å². The molecule has 0 radical (unpaired) electrons. The van der Waals surface area contributed by atoms with Gasteiger partial charge < -0.3 is 15.4 Å². The van der Waals surface area contributed by atoms with E-state index in [4.69, 9.17) is 4.74 Å². The Morgan fingerprint density at radius 2 is 1.71 bits per heavy atom. The van der Waals surface area contributed by atoms with Gasteiger partial charge in [0.2, 0.25) is 5.91 Å². The van der Waals surface area contributed by atoms with E-state index in [0.29, 0.717) is 16.3 Å². The Labute approximate surface area is 168 Å². The van der Waals surface area contributed by atoms with Crippen LogP contribution in [0.3, 0.4) is 0 Å². The smallest absolute Gasteiger partial charge is 0.342 e. The lowest BCUT2D eigenvalue weighted by Crippen LogP contribution is -2.30. The van der Waals surface area contributed by atoms with Crippen LogP contribution in [0, 0.1) is 26.7 Å². The third-order valence-corrected chi connectivity index (χ3v) is 5.87. The molecule has 1 aliphatic carbocycles. The second-order valence-corrected chi connectivity index (χ2v) is 8.38. The Morgan fingerprint density at radius 1 is 1.07 bits per heavy atom. The number of benzene rings is 1. The molecule has 148 valence electrons. The first-order valence-electron chi connectivity index (χ1n) is 9.25. The highest BCUT2D eigenvalue weighted by Gasteiger charge is 2.32. The van der Waals surface area contributed by atoms with E-state index in [1.165, 1.54) is 18.3 Å². The Morgan fingerprint density at radius 3 is 2.32 bits per heavy atom. The van der Waals surface area contributed by atoms with Crippen molar-refractivity contribution in [2.24, 2.45) is 5.92 Å². The number of amides is 2. The summed E-state index contributed by atoms with van der Waals surface area (Å²) in [5.41, 5.74) is 2.80. The summed E-state index contributed by atoms with van der Waals surface area (Å²) in [6.07, 6.45) is 0.788. The molecule has 0 aliphatic heterocycles. The fraction of sp³-hybridized carbons (Fsp3) is 0.381. The molecule has 1 aromatic heterocycles. The quantitative estimate of drug-likeness (QED) is 0.712. The number of esters is 1. The zero-order valence-electron chi connectivity index (χ0n) is 16.4. The van der Waals surface area contributed by atoms with Crippen molar-refractivity contribution in [3.63, 3.8) is 0 Å². The molecule has 1 fully saturated rings. The lowest BCUT2D eigenvalue weighted by Gasteiger charge is -2.14. The summed E-state index contributed by atoms with van der Waals surface area (Å²) in [5.74, 6) is -1.06. The fourth-order valence-electron chi connectivity index (χ4n) is 2.67. The Bertz CT molecular complexity index is 913. The van der Waals surface area contributed by atoms with Gasteiger partial charge >= 0.3 is 5.97 Å². The fourth-order valence-corrected chi connectivity index (χ4v) is 3.73. The summed E-state index contributed by atoms with van der Waals surface area (Å²) < 4.78 is 5.39. The van der Waals surface area contributed by atoms with Crippen molar-refractivity contribution in [2.45, 2.75) is 46.6 Å². The first kappa shape index (κ1) is 20.1. The van der Waals surface area contributed by atoms with Crippen LogP contribution in [0.1, 0.15) is 46.1 Å². The summed E-state index contributed by atoms with van der Waals surface area (Å²) in [5, 5.41) is 6.06. The standard InChI is InChI=1S/C21H24N2O4S/c1-11-5-9-16(10-6-11)22-18(24)13(3)27-21(26)17-12(2)14(4)28-20(17)23-19(25)15-7-8-15/h5-6,9-10,13,15H,7-8H2,1-4H3,(H,22,24)(H,23,25)/t13-/m0/s1. The van der Waals surface area contributed by atoms with Crippen LogP contribution in [-0.2, 0) is 14.3 Å². The number of ether oxygens (including phenoxy) is 1. The minimum absolute atomic E-state index is 0.0331. The third kappa shape index (κ3) is 4.59. The Kier molecular flexibility index (Phi) is 5.84. The molecule has 2 amide bonds. The van der Waals surface area contributed by atoms with Gasteiger partial charge in [-0.3, -0.25) is 9.59 Å². The third-order valence-electron chi connectivity index (χ3n) is 4.75. The average molecular weight is 401 g/mol. The molecule has 1 heterocycles. The number of carbonyl (C=O) groups is 3. The molecule has 1 aliphatic rings. The minimum atomic E-state index is -0.972. The zero-order chi connectivity index (χ0) is 20.4. The maximum atomic E-state index is 12.7. The zero-order valence-corrected chi connectivity index (χ0v) is 17.2. The van der Waals surface area contributed by atoms with Gasteiger partial charge in [-0.25, -0.2) is 4.79 Å². The number of hydrogen-bond donors (Lipinski definition) is 2. The molecular weight excluding hydrogens is 376 g/mol. The molecule has 1 aromatic carbocycles. The van der Waals surface area contributed by atoms with E-state index in [0.717, 1.165) is 28.8 Å². The maximum Gasteiger partial charge on any atom is 0.342 e. The van der Waals surface area contributed by atoms with Crippen molar-refractivity contribution in [3.05, 3.63) is 45.8 Å². The molecule has 0 unspecified atom stereocenters. The molecule has 0 spiro atoms. The predicted molar refractivity (Wildman–Crippen MR) is 110 cm³/mol. The van der Waals surface area contributed by atoms with Crippen LogP contribution in [0.5, 0.6) is 0 Å². The normalized spacial score (nSPS) is 14.3. The lowest BCUT2D eigenvalue weighted by atomic mass is 10.1. The van der Waals surface area contributed by atoms with E-state index in [-0.39, 0.29) is 11.8 Å². The van der Waals surface area contributed by atoms with Crippen molar-refractivity contribution in [1.29, 1.82) is 0 Å². The summed E-state index contributed by atoms with van der Waals surface area (Å²) in [6.45, 7) is 7.18. The highest BCUT2D eigenvalue weighted by Crippen LogP contribution is 2.36. The van der Waals surface area contributed by atoms with Gasteiger partial charge in [0.1, 0.15) is 5.00 Å². The highest BCUT2D eigenvalue weighted by atomic mass is 32.1. The summed E-state index contributed by atoms with van der Waals surface area (Å²) in [6, 6.07) is 7.36. The van der Waals surface area contributed by atoms with Crippen molar-refractivity contribution >= 4 is 39.8 Å². The Balaban J connectivity index is 1.68. The van der Waals surface area contributed by atoms with Crippen LogP contribution in [0.15, 0.2) is 24.3 Å². The van der Waals surface area contributed by atoms with E-state index in [1.807, 2.05) is 32.9 Å². The molecule has 0 bridgehead atoms. The van der Waals surface area contributed by atoms with Gasteiger partial charge in [-0.2, -0.15) is 0 Å². The summed E-state index contributed by atoms with van der Waals surface area (Å²) in [4.78, 5) is 38.1. The number of aryl methyl sites for hydroxylation is 2. The summed E-state index contributed by atoms with van der Waals surface area (Å²) in [7, 11) is 0. The topological polar surface area (TPSA) is 84.5 Å². The molecule has 3 rings (SSSR count). The van der Waals surface area contributed by atoms with Crippen molar-refractivity contribution in [2.75, 3.05) is 10.6 Å². The average Bonchev–Trinajstić information content (AvgIpc) is 3.44. The SMILES string of the molecule is Cc1ccc(NC(=O)[C@H](C)OC(=O)c2c(NC(=O)C3CC3)sc(C)c2C)cc1. The van der Waals surface area contributed by atoms with Gasteiger partial charge in [0.15, 0.2) is 6.10 Å². The number of hydrogen-bond acceptors (Lipinski definition) is 5. The highest BCUT2D eigenvalue weighted by molar-refractivity contribution is 7.16. The second kappa shape index (κ2) is 8.14. The molecule has 28 heavy (non-hydrogen) atoms. The van der Waals surface area contributed by atoms with E-state index in [9.17, 15) is 14.4 Å². The van der Waals surface area contributed by atoms with Gasteiger partial charge in [-0.15, -0.1) is 11.3 Å². The van der Waals surface area contributed by atoms with Gasteiger partial charge in [0, 0.05) is 16.5 Å². The van der Waals surface area contributed by atoms with Crippen LogP contribution in [0.2, 0.25) is 0 Å². The lowest BCUT2D eigenvalue weighted by molar-refractivity contribution is -0.123. The molecular formula is C21H24N2O4S. The van der Waals surface area contributed by atoms with E-state index < -0.39 is 18.0 Å². The molecule has 1 saturated carbocycles. The number of nitrogens with one attached hydrogen (secondary N) is 2. The minimum Gasteiger partial charge on any atom is -0.449 e. The first-order valence-corrected chi connectivity index (χ1v) is 10.1. The molecule has 1 atom stereocenters. The van der Waals surface area contributed by atoms with Gasteiger partial charge in [-0.05, 0) is 58.2 Å². The largest absolute Gasteiger partial charge is 0.449 e. The number of thiophene rings is 1. The number of carbonyl (C=O) groups excluding carboxylic acids is 3. The van der Waals surface area contributed by atoms with Crippen LogP contribution in [0.4, 0.5) is 10.7 Å². The van der Waals surface area contributed by atoms with Gasteiger partial charge in [0.25, 0.3) is 5.91 Å². The van der Waals surface area contributed by atoms with Crippen molar-refractivity contribution < 1.29 is 19.1 Å². The molecule has 7 heteroatoms. The van der Waals surface area contributed by atoms with E-state index >= 15 is 0 Å². The molecule has 0 saturated heterocycles. The molecule has 2 aromatic rings. The Hall–Kier alpha value is -2.67. The van der Waals surface area contributed by atoms with Crippen LogP contribution < -0.4 is 10.6 Å². The van der Waals surface area contributed by atoms with Crippen molar-refractivity contribution in [3.8, 4) is 0 Å². The predicted octanol–water partition coefficient (Wildman–Crippen LogP) is 4.21. The van der Waals surface area contributed by atoms with Crippen LogP contribution in [0.25, 0.3) is 0 Å².